The smallest absolute Gasteiger partial charge is 0.185 e. The zero-order valence-corrected chi connectivity index (χ0v) is 13.3. The maximum absolute atomic E-state index is 4.86. The number of anilines is 1. The van der Waals surface area contributed by atoms with E-state index < -0.39 is 0 Å². The maximum Gasteiger partial charge on any atom is 0.185 e. The first kappa shape index (κ1) is 14.8. The molecule has 1 aliphatic rings. The van der Waals surface area contributed by atoms with Gasteiger partial charge in [0, 0.05) is 24.0 Å². The van der Waals surface area contributed by atoms with Crippen LogP contribution in [-0.2, 0) is 0 Å². The molecule has 0 aliphatic carbocycles. The lowest BCUT2D eigenvalue weighted by atomic mass is 10.1. The van der Waals surface area contributed by atoms with Gasteiger partial charge < -0.3 is 10.2 Å². The highest BCUT2D eigenvalue weighted by Gasteiger charge is 2.20. The molecular weight excluding hydrogens is 254 g/mol. The molecule has 0 radical (unpaired) electrons. The van der Waals surface area contributed by atoms with E-state index in [2.05, 4.69) is 36.4 Å². The van der Waals surface area contributed by atoms with Gasteiger partial charge >= 0.3 is 0 Å². The van der Waals surface area contributed by atoms with Crippen molar-refractivity contribution in [2.75, 3.05) is 18.0 Å². The predicted molar refractivity (Wildman–Crippen MR) is 84.1 cm³/mol. The molecule has 2 heterocycles. The zero-order valence-electron chi connectivity index (χ0n) is 12.5. The predicted octanol–water partition coefficient (Wildman–Crippen LogP) is 3.97. The number of hydrogen-bond acceptors (Lipinski definition) is 4. The largest absolute Gasteiger partial charge is 0.345 e. The third-order valence-electron chi connectivity index (χ3n) is 3.95. The minimum absolute atomic E-state index is 0.368. The highest BCUT2D eigenvalue weighted by atomic mass is 32.1. The third kappa shape index (κ3) is 3.93. The third-order valence-corrected chi connectivity index (χ3v) is 4.85. The normalized spacial score (nSPS) is 22.3. The topological polar surface area (TPSA) is 28.2 Å². The van der Waals surface area contributed by atoms with Crippen LogP contribution in [0.3, 0.4) is 0 Å². The lowest BCUT2D eigenvalue weighted by Gasteiger charge is -2.26. The molecule has 0 bridgehead atoms. The van der Waals surface area contributed by atoms with Crippen LogP contribution in [0.2, 0.25) is 0 Å². The minimum atomic E-state index is 0.368. The molecule has 4 heteroatoms. The van der Waals surface area contributed by atoms with E-state index in [1.165, 1.54) is 49.5 Å². The summed E-state index contributed by atoms with van der Waals surface area (Å²) >= 11 is 1.81. The van der Waals surface area contributed by atoms with Crippen molar-refractivity contribution in [1.29, 1.82) is 0 Å². The van der Waals surface area contributed by atoms with Gasteiger partial charge in [0.1, 0.15) is 0 Å². The number of aromatic nitrogens is 1. The van der Waals surface area contributed by atoms with Gasteiger partial charge in [0.25, 0.3) is 0 Å². The van der Waals surface area contributed by atoms with E-state index in [0.29, 0.717) is 12.1 Å². The Morgan fingerprint density at radius 3 is 3.11 bits per heavy atom. The van der Waals surface area contributed by atoms with E-state index in [0.717, 1.165) is 6.54 Å². The second-order valence-electron chi connectivity index (χ2n) is 5.62. The Labute approximate surface area is 121 Å². The quantitative estimate of drug-likeness (QED) is 0.885. The number of hydrogen-bond donors (Lipinski definition) is 1. The molecular formula is C15H27N3S. The van der Waals surface area contributed by atoms with Gasteiger partial charge in [-0.05, 0) is 39.7 Å². The second-order valence-corrected chi connectivity index (χ2v) is 6.46. The van der Waals surface area contributed by atoms with E-state index in [4.69, 9.17) is 4.98 Å². The standard InChI is InChI=1S/C15H27N3S/c1-4-9-16-13(3)14-11-19-15(17-14)18-10-7-5-6-8-12(18)2/h11-13,16H,4-10H2,1-3H3. The fourth-order valence-corrected chi connectivity index (χ4v) is 3.68. The minimum Gasteiger partial charge on any atom is -0.345 e. The first-order valence-electron chi connectivity index (χ1n) is 7.67. The van der Waals surface area contributed by atoms with Gasteiger partial charge in [0.05, 0.1) is 5.69 Å². The summed E-state index contributed by atoms with van der Waals surface area (Å²) < 4.78 is 0. The number of rotatable bonds is 5. The van der Waals surface area contributed by atoms with Gasteiger partial charge in [-0.25, -0.2) is 4.98 Å². The summed E-state index contributed by atoms with van der Waals surface area (Å²) in [6.45, 7) is 8.98. The maximum atomic E-state index is 4.86. The number of nitrogens with zero attached hydrogens (tertiary/aromatic N) is 2. The van der Waals surface area contributed by atoms with Crippen LogP contribution in [0.5, 0.6) is 0 Å². The van der Waals surface area contributed by atoms with Crippen LogP contribution in [0.1, 0.15) is 64.6 Å². The summed E-state index contributed by atoms with van der Waals surface area (Å²) in [6.07, 6.45) is 6.52. The highest BCUT2D eigenvalue weighted by Crippen LogP contribution is 2.28. The van der Waals surface area contributed by atoms with Crippen molar-refractivity contribution in [2.45, 2.75) is 65.0 Å². The summed E-state index contributed by atoms with van der Waals surface area (Å²) in [5.41, 5.74) is 1.20. The van der Waals surface area contributed by atoms with Gasteiger partial charge in [0.2, 0.25) is 0 Å². The fraction of sp³-hybridized carbons (Fsp3) is 0.800. The molecule has 2 atom stereocenters. The molecule has 1 fully saturated rings. The molecule has 19 heavy (non-hydrogen) atoms. The molecule has 0 amide bonds. The number of nitrogens with one attached hydrogen (secondary N) is 1. The number of thiazole rings is 1. The van der Waals surface area contributed by atoms with E-state index in [1.807, 2.05) is 0 Å². The molecule has 0 spiro atoms. The van der Waals surface area contributed by atoms with Gasteiger partial charge in [-0.1, -0.05) is 19.8 Å². The Morgan fingerprint density at radius 1 is 1.47 bits per heavy atom. The van der Waals surface area contributed by atoms with Crippen LogP contribution < -0.4 is 10.2 Å². The first-order chi connectivity index (χ1) is 9.22. The van der Waals surface area contributed by atoms with E-state index in [1.54, 1.807) is 11.3 Å². The van der Waals surface area contributed by atoms with Crippen LogP contribution in [0.15, 0.2) is 5.38 Å². The van der Waals surface area contributed by atoms with Crippen molar-refractivity contribution in [3.8, 4) is 0 Å². The van der Waals surface area contributed by atoms with Crippen molar-refractivity contribution in [3.05, 3.63) is 11.1 Å². The van der Waals surface area contributed by atoms with Crippen LogP contribution in [0.25, 0.3) is 0 Å². The second kappa shape index (κ2) is 7.25. The van der Waals surface area contributed by atoms with E-state index in [-0.39, 0.29) is 0 Å². The van der Waals surface area contributed by atoms with Crippen molar-refractivity contribution < 1.29 is 0 Å². The zero-order chi connectivity index (χ0) is 13.7. The van der Waals surface area contributed by atoms with Crippen LogP contribution in [0.4, 0.5) is 5.13 Å². The average molecular weight is 281 g/mol. The average Bonchev–Trinajstić information content (AvgIpc) is 2.80. The van der Waals surface area contributed by atoms with Gasteiger partial charge in [0.15, 0.2) is 5.13 Å². The van der Waals surface area contributed by atoms with E-state index >= 15 is 0 Å². The highest BCUT2D eigenvalue weighted by molar-refractivity contribution is 7.13. The fourth-order valence-electron chi connectivity index (χ4n) is 2.63. The molecule has 2 unspecified atom stereocenters. The molecule has 3 nitrogen and oxygen atoms in total. The summed E-state index contributed by atoms with van der Waals surface area (Å²) in [7, 11) is 0. The Balaban J connectivity index is 2.02. The van der Waals surface area contributed by atoms with Gasteiger partial charge in [-0.2, -0.15) is 0 Å². The molecule has 1 N–H and O–H groups in total. The SMILES string of the molecule is CCCNC(C)c1csc(N2CCCCCC2C)n1. The van der Waals surface area contributed by atoms with Gasteiger partial charge in [-0.3, -0.25) is 0 Å². The van der Waals surface area contributed by atoms with Crippen molar-refractivity contribution >= 4 is 16.5 Å². The monoisotopic (exact) mass is 281 g/mol. The van der Waals surface area contributed by atoms with Crippen LogP contribution >= 0.6 is 11.3 Å². The first-order valence-corrected chi connectivity index (χ1v) is 8.55. The van der Waals surface area contributed by atoms with Crippen molar-refractivity contribution in [3.63, 3.8) is 0 Å². The molecule has 1 aromatic heterocycles. The van der Waals surface area contributed by atoms with Crippen LogP contribution in [0, 0.1) is 0 Å². The summed E-state index contributed by atoms with van der Waals surface area (Å²) in [5.74, 6) is 0. The van der Waals surface area contributed by atoms with E-state index in [9.17, 15) is 0 Å². The molecule has 1 aliphatic heterocycles. The van der Waals surface area contributed by atoms with Crippen molar-refractivity contribution in [1.82, 2.24) is 10.3 Å². The molecule has 0 aromatic carbocycles. The van der Waals surface area contributed by atoms with Crippen LogP contribution in [-0.4, -0.2) is 24.1 Å². The van der Waals surface area contributed by atoms with Gasteiger partial charge in [-0.15, -0.1) is 11.3 Å². The van der Waals surface area contributed by atoms with Crippen molar-refractivity contribution in [2.24, 2.45) is 0 Å². The Kier molecular flexibility index (Phi) is 5.64. The molecule has 0 saturated carbocycles. The summed E-state index contributed by atoms with van der Waals surface area (Å²) in [5, 5.41) is 6.95. The Hall–Kier alpha value is -0.610. The lowest BCUT2D eigenvalue weighted by molar-refractivity contribution is 0.558. The summed E-state index contributed by atoms with van der Waals surface area (Å²) in [4.78, 5) is 7.37. The Morgan fingerprint density at radius 2 is 2.32 bits per heavy atom. The molecule has 2 rings (SSSR count). The lowest BCUT2D eigenvalue weighted by Crippen LogP contribution is -2.32. The molecule has 1 aromatic rings. The summed E-state index contributed by atoms with van der Waals surface area (Å²) in [6, 6.07) is 1.01. The Bertz CT molecular complexity index is 377. The molecule has 1 saturated heterocycles. The molecule has 108 valence electrons.